The summed E-state index contributed by atoms with van der Waals surface area (Å²) in [5.74, 6) is -1.60. The lowest BCUT2D eigenvalue weighted by Crippen LogP contribution is -2.41. The zero-order valence-electron chi connectivity index (χ0n) is 10.3. The number of amides is 1. The molecule has 1 aromatic carbocycles. The highest BCUT2D eigenvalue weighted by Gasteiger charge is 2.21. The highest BCUT2D eigenvalue weighted by atomic mass is 16.4. The number of rotatable bonds is 5. The van der Waals surface area contributed by atoms with Crippen LogP contribution >= 0.6 is 0 Å². The molecule has 6 nitrogen and oxygen atoms in total. The molecule has 0 bridgehead atoms. The van der Waals surface area contributed by atoms with E-state index in [4.69, 9.17) is 10.2 Å². The van der Waals surface area contributed by atoms with Gasteiger partial charge in [-0.05, 0) is 24.1 Å². The van der Waals surface area contributed by atoms with Crippen molar-refractivity contribution in [1.82, 2.24) is 5.32 Å². The molecule has 0 aliphatic carbocycles. The number of benzene rings is 1. The van der Waals surface area contributed by atoms with Gasteiger partial charge in [0.05, 0.1) is 0 Å². The second-order valence-corrected chi connectivity index (χ2v) is 4.43. The summed E-state index contributed by atoms with van der Waals surface area (Å²) >= 11 is 0. The summed E-state index contributed by atoms with van der Waals surface area (Å²) < 4.78 is 0. The molecular formula is C13H16N2O4. The number of anilines is 1. The molecule has 1 amide bonds. The second-order valence-electron chi connectivity index (χ2n) is 4.43. The van der Waals surface area contributed by atoms with Crippen LogP contribution in [0.2, 0.25) is 0 Å². The molecular weight excluding hydrogens is 248 g/mol. The number of nitrogens with one attached hydrogen (secondary N) is 2. The Hall–Kier alpha value is -2.08. The average molecular weight is 264 g/mol. The Morgan fingerprint density at radius 1 is 1.42 bits per heavy atom. The number of hydrogen-bond acceptors (Lipinski definition) is 4. The molecule has 1 atom stereocenters. The Bertz CT molecular complexity index is 501. The minimum atomic E-state index is -1.15. The lowest BCUT2D eigenvalue weighted by molar-refractivity contribution is -0.139. The van der Waals surface area contributed by atoms with Crippen molar-refractivity contribution in [3.63, 3.8) is 0 Å². The monoisotopic (exact) mass is 264 g/mol. The van der Waals surface area contributed by atoms with Crippen LogP contribution in [0.5, 0.6) is 0 Å². The van der Waals surface area contributed by atoms with Gasteiger partial charge in [-0.2, -0.15) is 0 Å². The van der Waals surface area contributed by atoms with Crippen molar-refractivity contribution in [2.24, 2.45) is 0 Å². The molecule has 0 unspecified atom stereocenters. The van der Waals surface area contributed by atoms with Crippen LogP contribution in [0.1, 0.15) is 22.3 Å². The molecule has 0 saturated heterocycles. The van der Waals surface area contributed by atoms with E-state index < -0.39 is 17.9 Å². The summed E-state index contributed by atoms with van der Waals surface area (Å²) in [5, 5.41) is 23.2. The van der Waals surface area contributed by atoms with Gasteiger partial charge in [0.25, 0.3) is 5.91 Å². The minimum absolute atomic E-state index is 0.00966. The molecule has 0 aromatic heterocycles. The summed E-state index contributed by atoms with van der Waals surface area (Å²) in [6.07, 6.45) is 0.920. The molecule has 1 aliphatic heterocycles. The van der Waals surface area contributed by atoms with Crippen LogP contribution in [0.4, 0.5) is 5.69 Å². The third-order valence-electron chi connectivity index (χ3n) is 3.10. The first-order valence-electron chi connectivity index (χ1n) is 6.13. The minimum Gasteiger partial charge on any atom is -0.480 e. The standard InChI is InChI=1S/C13H16N2O4/c16-6-4-10(13(18)19)15-12(17)9-2-1-8-3-5-14-11(8)7-9/h1-2,7,10,14,16H,3-6H2,(H,15,17)(H,18,19)/t10-/m0/s1. The molecule has 102 valence electrons. The van der Waals surface area contributed by atoms with Gasteiger partial charge in [0.1, 0.15) is 6.04 Å². The van der Waals surface area contributed by atoms with E-state index in [1.807, 2.05) is 6.07 Å². The van der Waals surface area contributed by atoms with Crippen molar-refractivity contribution in [3.8, 4) is 0 Å². The predicted octanol–water partition coefficient (Wildman–Crippen LogP) is 0.220. The first kappa shape index (κ1) is 13.4. The van der Waals surface area contributed by atoms with Gasteiger partial charge in [0.15, 0.2) is 0 Å². The first-order valence-corrected chi connectivity index (χ1v) is 6.13. The molecule has 19 heavy (non-hydrogen) atoms. The summed E-state index contributed by atoms with van der Waals surface area (Å²) in [5.41, 5.74) is 2.49. The van der Waals surface area contributed by atoms with Crippen LogP contribution in [-0.2, 0) is 11.2 Å². The van der Waals surface area contributed by atoms with Crippen LogP contribution in [0, 0.1) is 0 Å². The Morgan fingerprint density at radius 2 is 2.21 bits per heavy atom. The number of fused-ring (bicyclic) bond motifs is 1. The van der Waals surface area contributed by atoms with Crippen molar-refractivity contribution in [2.75, 3.05) is 18.5 Å². The number of carbonyl (C=O) groups excluding carboxylic acids is 1. The van der Waals surface area contributed by atoms with Gasteiger partial charge in [0.2, 0.25) is 0 Å². The Labute approximate surface area is 110 Å². The van der Waals surface area contributed by atoms with Crippen molar-refractivity contribution in [1.29, 1.82) is 0 Å². The number of aliphatic carboxylic acids is 1. The summed E-state index contributed by atoms with van der Waals surface area (Å²) in [6.45, 7) is 0.561. The molecule has 2 rings (SSSR count). The van der Waals surface area contributed by atoms with Gasteiger partial charge in [-0.3, -0.25) is 4.79 Å². The highest BCUT2D eigenvalue weighted by Crippen LogP contribution is 2.23. The number of hydrogen-bond donors (Lipinski definition) is 4. The van der Waals surface area contributed by atoms with Crippen molar-refractivity contribution < 1.29 is 19.8 Å². The van der Waals surface area contributed by atoms with Gasteiger partial charge in [0, 0.05) is 30.8 Å². The van der Waals surface area contributed by atoms with Crippen molar-refractivity contribution >= 4 is 17.6 Å². The molecule has 0 saturated carbocycles. The van der Waals surface area contributed by atoms with Crippen molar-refractivity contribution in [2.45, 2.75) is 18.9 Å². The van der Waals surface area contributed by atoms with E-state index in [-0.39, 0.29) is 13.0 Å². The van der Waals surface area contributed by atoms with Crippen LogP contribution in [0.15, 0.2) is 18.2 Å². The number of aliphatic hydroxyl groups excluding tert-OH is 1. The molecule has 1 aromatic rings. The average Bonchev–Trinajstić information content (AvgIpc) is 2.85. The quantitative estimate of drug-likeness (QED) is 0.610. The fourth-order valence-corrected chi connectivity index (χ4v) is 2.06. The second kappa shape index (κ2) is 5.71. The molecule has 1 aliphatic rings. The summed E-state index contributed by atoms with van der Waals surface area (Å²) in [7, 11) is 0. The topological polar surface area (TPSA) is 98.7 Å². The maximum absolute atomic E-state index is 12.0. The molecule has 0 spiro atoms. The summed E-state index contributed by atoms with van der Waals surface area (Å²) in [4.78, 5) is 22.9. The van der Waals surface area contributed by atoms with Crippen LogP contribution in [0.3, 0.4) is 0 Å². The lowest BCUT2D eigenvalue weighted by atomic mass is 10.1. The SMILES string of the molecule is O=C(N[C@@H](CCO)C(=O)O)c1ccc2c(c1)NCC2. The Morgan fingerprint density at radius 3 is 2.89 bits per heavy atom. The largest absolute Gasteiger partial charge is 0.480 e. The van der Waals surface area contributed by atoms with Crippen LogP contribution in [-0.4, -0.2) is 41.3 Å². The fraction of sp³-hybridized carbons (Fsp3) is 0.385. The number of carboxylic acid groups (broad SMARTS) is 1. The third-order valence-corrected chi connectivity index (χ3v) is 3.10. The maximum atomic E-state index is 12.0. The van der Waals surface area contributed by atoms with E-state index in [2.05, 4.69) is 10.6 Å². The normalized spacial score (nSPS) is 14.4. The van der Waals surface area contributed by atoms with Gasteiger partial charge < -0.3 is 20.8 Å². The molecule has 0 fully saturated rings. The van der Waals surface area contributed by atoms with E-state index in [0.29, 0.717) is 5.56 Å². The maximum Gasteiger partial charge on any atom is 0.326 e. The molecule has 6 heteroatoms. The number of aliphatic hydroxyl groups is 1. The van der Waals surface area contributed by atoms with E-state index >= 15 is 0 Å². The fourth-order valence-electron chi connectivity index (χ4n) is 2.06. The van der Waals surface area contributed by atoms with Gasteiger partial charge in [-0.15, -0.1) is 0 Å². The lowest BCUT2D eigenvalue weighted by Gasteiger charge is -2.13. The van der Waals surface area contributed by atoms with E-state index in [1.165, 1.54) is 0 Å². The van der Waals surface area contributed by atoms with E-state index in [1.54, 1.807) is 12.1 Å². The zero-order valence-corrected chi connectivity index (χ0v) is 10.3. The van der Waals surface area contributed by atoms with Crippen LogP contribution < -0.4 is 10.6 Å². The Balaban J connectivity index is 2.09. The summed E-state index contributed by atoms with van der Waals surface area (Å²) in [6, 6.07) is 4.19. The first-order chi connectivity index (χ1) is 9.11. The van der Waals surface area contributed by atoms with E-state index in [9.17, 15) is 9.59 Å². The van der Waals surface area contributed by atoms with Gasteiger partial charge in [-0.1, -0.05) is 6.07 Å². The smallest absolute Gasteiger partial charge is 0.326 e. The third kappa shape index (κ3) is 3.03. The number of carboxylic acids is 1. The van der Waals surface area contributed by atoms with Crippen LogP contribution in [0.25, 0.3) is 0 Å². The zero-order chi connectivity index (χ0) is 13.8. The number of carbonyl (C=O) groups is 2. The highest BCUT2D eigenvalue weighted by molar-refractivity contribution is 5.97. The van der Waals surface area contributed by atoms with Gasteiger partial charge >= 0.3 is 5.97 Å². The molecule has 0 radical (unpaired) electrons. The Kier molecular flexibility index (Phi) is 4.01. The predicted molar refractivity (Wildman–Crippen MR) is 69.2 cm³/mol. The van der Waals surface area contributed by atoms with Crippen molar-refractivity contribution in [3.05, 3.63) is 29.3 Å². The molecule has 4 N–H and O–H groups in total. The van der Waals surface area contributed by atoms with E-state index in [0.717, 1.165) is 24.2 Å². The molecule has 1 heterocycles. The van der Waals surface area contributed by atoms with Gasteiger partial charge in [-0.25, -0.2) is 4.79 Å².